The van der Waals surface area contributed by atoms with Gasteiger partial charge in [0, 0.05) is 25.1 Å². The maximum atomic E-state index is 13.8. The summed E-state index contributed by atoms with van der Waals surface area (Å²) in [5.74, 6) is -0.546. The second-order valence-electron chi connectivity index (χ2n) is 4.16. The normalized spacial score (nSPS) is 10.5. The van der Waals surface area contributed by atoms with Crippen LogP contribution in [0.2, 0.25) is 0 Å². The fourth-order valence-corrected chi connectivity index (χ4v) is 1.80. The number of benzene rings is 1. The third-order valence-corrected chi connectivity index (χ3v) is 2.73. The summed E-state index contributed by atoms with van der Waals surface area (Å²) < 4.78 is 27.0. The second kappa shape index (κ2) is 5.73. The van der Waals surface area contributed by atoms with Gasteiger partial charge in [-0.05, 0) is 18.6 Å². The molecule has 0 saturated carbocycles. The van der Waals surface area contributed by atoms with Crippen LogP contribution in [0.25, 0.3) is 11.3 Å². The van der Waals surface area contributed by atoms with Crippen LogP contribution in [0.1, 0.15) is 19.2 Å². The highest BCUT2D eigenvalue weighted by molar-refractivity contribution is 5.63. The number of aromatic nitrogens is 2. The van der Waals surface area contributed by atoms with Gasteiger partial charge in [0.2, 0.25) is 0 Å². The summed E-state index contributed by atoms with van der Waals surface area (Å²) in [7, 11) is 1.73. The first-order valence-electron chi connectivity index (χ1n) is 6.15. The fourth-order valence-electron chi connectivity index (χ4n) is 1.80. The summed E-state index contributed by atoms with van der Waals surface area (Å²) in [6.07, 6.45) is 1.58. The molecule has 0 bridgehead atoms. The van der Waals surface area contributed by atoms with E-state index in [9.17, 15) is 8.78 Å². The molecule has 2 rings (SSSR count). The van der Waals surface area contributed by atoms with Gasteiger partial charge in [-0.3, -0.25) is 0 Å². The zero-order valence-electron chi connectivity index (χ0n) is 10.9. The van der Waals surface area contributed by atoms with Crippen molar-refractivity contribution in [1.82, 2.24) is 9.97 Å². The van der Waals surface area contributed by atoms with E-state index in [0.717, 1.165) is 12.5 Å². The first kappa shape index (κ1) is 13.4. The van der Waals surface area contributed by atoms with E-state index in [-0.39, 0.29) is 5.56 Å². The van der Waals surface area contributed by atoms with Crippen molar-refractivity contribution in [2.45, 2.75) is 19.8 Å². The van der Waals surface area contributed by atoms with E-state index in [1.807, 2.05) is 6.92 Å². The van der Waals surface area contributed by atoms with Gasteiger partial charge in [0.1, 0.15) is 11.6 Å². The number of hydrogen-bond donors (Lipinski definition) is 1. The Balaban J connectivity index is 2.54. The second-order valence-corrected chi connectivity index (χ2v) is 4.16. The molecule has 1 N–H and O–H groups in total. The number of anilines is 1. The van der Waals surface area contributed by atoms with Gasteiger partial charge < -0.3 is 5.32 Å². The summed E-state index contributed by atoms with van der Waals surface area (Å²) in [6, 6.07) is 5.67. The highest BCUT2D eigenvalue weighted by Gasteiger charge is 2.13. The average molecular weight is 263 g/mol. The van der Waals surface area contributed by atoms with Crippen molar-refractivity contribution in [1.29, 1.82) is 0 Å². The van der Waals surface area contributed by atoms with Gasteiger partial charge in [0.15, 0.2) is 11.6 Å². The molecule has 0 unspecified atom stereocenters. The first-order valence-corrected chi connectivity index (χ1v) is 6.15. The topological polar surface area (TPSA) is 37.8 Å². The molecule has 0 radical (unpaired) electrons. The third kappa shape index (κ3) is 2.86. The molecule has 0 aliphatic carbocycles. The highest BCUT2D eigenvalue weighted by atomic mass is 19.2. The molecule has 0 fully saturated rings. The number of nitrogens with zero attached hydrogens (tertiary/aromatic N) is 2. The smallest absolute Gasteiger partial charge is 0.168 e. The monoisotopic (exact) mass is 263 g/mol. The average Bonchev–Trinajstić information content (AvgIpc) is 2.42. The van der Waals surface area contributed by atoms with Crippen molar-refractivity contribution in [3.8, 4) is 11.3 Å². The molecule has 1 heterocycles. The van der Waals surface area contributed by atoms with E-state index < -0.39 is 11.6 Å². The Morgan fingerprint density at radius 2 is 2.00 bits per heavy atom. The van der Waals surface area contributed by atoms with Gasteiger partial charge in [-0.2, -0.15) is 0 Å². The molecule has 0 amide bonds. The Hall–Kier alpha value is -2.04. The number of hydrogen-bond acceptors (Lipinski definition) is 3. The Labute approximate surface area is 110 Å². The summed E-state index contributed by atoms with van der Waals surface area (Å²) in [5, 5.41) is 2.90. The molecule has 0 spiro atoms. The van der Waals surface area contributed by atoms with Crippen molar-refractivity contribution in [3.63, 3.8) is 0 Å². The molecule has 1 aromatic carbocycles. The maximum absolute atomic E-state index is 13.8. The van der Waals surface area contributed by atoms with Crippen LogP contribution in [0.5, 0.6) is 0 Å². The van der Waals surface area contributed by atoms with Gasteiger partial charge in [0.05, 0.1) is 5.69 Å². The largest absolute Gasteiger partial charge is 0.373 e. The SMILES string of the molecule is CCCc1nc(NC)cc(-c2cccc(F)c2F)n1. The van der Waals surface area contributed by atoms with E-state index >= 15 is 0 Å². The molecule has 0 atom stereocenters. The van der Waals surface area contributed by atoms with Crippen LogP contribution in [0, 0.1) is 11.6 Å². The number of halogens is 2. The zero-order chi connectivity index (χ0) is 13.8. The van der Waals surface area contributed by atoms with Gasteiger partial charge in [-0.25, -0.2) is 18.7 Å². The zero-order valence-corrected chi connectivity index (χ0v) is 10.9. The van der Waals surface area contributed by atoms with E-state index in [4.69, 9.17) is 0 Å². The maximum Gasteiger partial charge on any atom is 0.168 e. The molecule has 2 aromatic rings. The molecule has 5 heteroatoms. The molecule has 0 saturated heterocycles. The summed E-state index contributed by atoms with van der Waals surface area (Å²) >= 11 is 0. The third-order valence-electron chi connectivity index (χ3n) is 2.73. The molecule has 100 valence electrons. The van der Waals surface area contributed by atoms with Crippen molar-refractivity contribution in [2.75, 3.05) is 12.4 Å². The van der Waals surface area contributed by atoms with Crippen LogP contribution in [-0.2, 0) is 6.42 Å². The van der Waals surface area contributed by atoms with Crippen LogP contribution in [0.4, 0.5) is 14.6 Å². The van der Waals surface area contributed by atoms with E-state index in [0.29, 0.717) is 23.8 Å². The van der Waals surface area contributed by atoms with Crippen LogP contribution >= 0.6 is 0 Å². The molecule has 0 aliphatic rings. The summed E-state index contributed by atoms with van der Waals surface area (Å²) in [4.78, 5) is 8.57. The number of nitrogens with one attached hydrogen (secondary N) is 1. The van der Waals surface area contributed by atoms with Crippen LogP contribution in [0.15, 0.2) is 24.3 Å². The fraction of sp³-hybridized carbons (Fsp3) is 0.286. The molecular weight excluding hydrogens is 248 g/mol. The number of rotatable bonds is 4. The molecule has 3 nitrogen and oxygen atoms in total. The standard InChI is InChI=1S/C14H15F2N3/c1-3-5-12-18-11(8-13(17-2)19-12)9-6-4-7-10(15)14(9)16/h4,6-8H,3,5H2,1-2H3,(H,17,18,19). The molecule has 19 heavy (non-hydrogen) atoms. The Morgan fingerprint density at radius 3 is 2.68 bits per heavy atom. The van der Waals surface area contributed by atoms with Gasteiger partial charge in [-0.1, -0.05) is 13.0 Å². The lowest BCUT2D eigenvalue weighted by Gasteiger charge is -2.08. The molecule has 0 aliphatic heterocycles. The van der Waals surface area contributed by atoms with Crippen molar-refractivity contribution < 1.29 is 8.78 Å². The lowest BCUT2D eigenvalue weighted by atomic mass is 10.1. The van der Waals surface area contributed by atoms with E-state index in [1.54, 1.807) is 13.1 Å². The lowest BCUT2D eigenvalue weighted by molar-refractivity contribution is 0.511. The van der Waals surface area contributed by atoms with Gasteiger partial charge >= 0.3 is 0 Å². The van der Waals surface area contributed by atoms with Gasteiger partial charge in [0.25, 0.3) is 0 Å². The summed E-state index contributed by atoms with van der Waals surface area (Å²) in [6.45, 7) is 2.01. The lowest BCUT2D eigenvalue weighted by Crippen LogP contribution is -2.02. The van der Waals surface area contributed by atoms with Crippen molar-refractivity contribution in [3.05, 3.63) is 41.7 Å². The Morgan fingerprint density at radius 1 is 1.21 bits per heavy atom. The van der Waals surface area contributed by atoms with E-state index in [1.165, 1.54) is 12.1 Å². The highest BCUT2D eigenvalue weighted by Crippen LogP contribution is 2.24. The molecule has 1 aromatic heterocycles. The quantitative estimate of drug-likeness (QED) is 0.918. The van der Waals surface area contributed by atoms with Crippen LogP contribution in [-0.4, -0.2) is 17.0 Å². The Kier molecular flexibility index (Phi) is 4.04. The minimum absolute atomic E-state index is 0.149. The Bertz CT molecular complexity index is 585. The first-order chi connectivity index (χ1) is 9.15. The number of aryl methyl sites for hydroxylation is 1. The minimum Gasteiger partial charge on any atom is -0.373 e. The summed E-state index contributed by atoms with van der Waals surface area (Å²) in [5.41, 5.74) is 0.538. The van der Waals surface area contributed by atoms with Crippen molar-refractivity contribution >= 4 is 5.82 Å². The predicted octanol–water partition coefficient (Wildman–Crippen LogP) is 3.42. The van der Waals surface area contributed by atoms with Gasteiger partial charge in [-0.15, -0.1) is 0 Å². The molecular formula is C14H15F2N3. The predicted molar refractivity (Wildman–Crippen MR) is 70.9 cm³/mol. The van der Waals surface area contributed by atoms with E-state index in [2.05, 4.69) is 15.3 Å². The van der Waals surface area contributed by atoms with Crippen LogP contribution in [0.3, 0.4) is 0 Å². The van der Waals surface area contributed by atoms with Crippen LogP contribution < -0.4 is 5.32 Å². The minimum atomic E-state index is -0.884. The van der Waals surface area contributed by atoms with Crippen molar-refractivity contribution in [2.24, 2.45) is 0 Å².